The number of nitrogens with zero attached hydrogens (tertiary/aromatic N) is 1. The van der Waals surface area contributed by atoms with Crippen LogP contribution in [-0.4, -0.2) is 21.2 Å². The topological polar surface area (TPSA) is 67.8 Å². The highest BCUT2D eigenvalue weighted by Gasteiger charge is 2.12. The van der Waals surface area contributed by atoms with Crippen LogP contribution in [0.4, 0.5) is 0 Å². The van der Waals surface area contributed by atoms with Gasteiger partial charge in [-0.25, -0.2) is 0 Å². The van der Waals surface area contributed by atoms with E-state index in [-0.39, 0.29) is 4.90 Å². The van der Waals surface area contributed by atoms with Crippen LogP contribution in [0.25, 0.3) is 10.8 Å². The first-order valence-corrected chi connectivity index (χ1v) is 9.17. The second-order valence-corrected chi connectivity index (χ2v) is 7.19. The molecule has 3 aromatic rings. The third-order valence-electron chi connectivity index (χ3n) is 3.85. The van der Waals surface area contributed by atoms with Crippen molar-refractivity contribution in [3.8, 4) is 5.75 Å². The molecule has 5 nitrogen and oxygen atoms in total. The molecule has 3 aromatic carbocycles. The largest absolute Gasteiger partial charge is 0.497 e. The number of hydrogen-bond acceptors (Lipinski definition) is 4. The van der Waals surface area contributed by atoms with Gasteiger partial charge < -0.3 is 4.74 Å². The third-order valence-corrected chi connectivity index (χ3v) is 5.08. The smallest absolute Gasteiger partial charge is 0.276 e. The molecule has 0 saturated carbocycles. The molecule has 0 amide bonds. The molecule has 6 heteroatoms. The molecule has 25 heavy (non-hydrogen) atoms. The van der Waals surface area contributed by atoms with E-state index in [9.17, 15) is 8.42 Å². The molecule has 0 heterocycles. The van der Waals surface area contributed by atoms with Gasteiger partial charge in [-0.3, -0.25) is 0 Å². The Hall–Kier alpha value is -2.86. The quantitative estimate of drug-likeness (QED) is 0.563. The highest BCUT2D eigenvalue weighted by atomic mass is 32.2. The Kier molecular flexibility index (Phi) is 4.72. The summed E-state index contributed by atoms with van der Waals surface area (Å²) in [4.78, 5) is 2.46. The zero-order valence-electron chi connectivity index (χ0n) is 13.9. The Labute approximate surface area is 147 Å². The first kappa shape index (κ1) is 17.0. The van der Waals surface area contributed by atoms with E-state index in [1.807, 2.05) is 36.4 Å². The lowest BCUT2D eigenvalue weighted by Crippen LogP contribution is -2.19. The van der Waals surface area contributed by atoms with Crippen molar-refractivity contribution >= 4 is 26.5 Å². The molecule has 0 bridgehead atoms. The Balaban J connectivity index is 1.86. The van der Waals surface area contributed by atoms with Crippen LogP contribution < -0.4 is 9.57 Å². The Bertz CT molecular complexity index is 1030. The van der Waals surface area contributed by atoms with E-state index < -0.39 is 10.0 Å². The molecular weight excluding hydrogens is 336 g/mol. The average Bonchev–Trinajstić information content (AvgIpc) is 2.66. The van der Waals surface area contributed by atoms with Gasteiger partial charge in [-0.2, -0.15) is 18.4 Å². The van der Waals surface area contributed by atoms with Gasteiger partial charge in [-0.1, -0.05) is 36.4 Å². The van der Waals surface area contributed by atoms with Crippen LogP contribution in [0.15, 0.2) is 76.7 Å². The molecule has 0 atom stereocenters. The molecular formula is C19H18N2O3S. The fourth-order valence-electron chi connectivity index (χ4n) is 2.42. The second kappa shape index (κ2) is 6.94. The van der Waals surface area contributed by atoms with Crippen molar-refractivity contribution in [1.82, 2.24) is 4.83 Å². The fraction of sp³-hybridized carbons (Fsp3) is 0.105. The number of benzene rings is 3. The van der Waals surface area contributed by atoms with Crippen molar-refractivity contribution in [3.05, 3.63) is 72.3 Å². The molecule has 0 aliphatic carbocycles. The number of fused-ring (bicyclic) bond motifs is 1. The standard InChI is InChI=1S/C19H18N2O3S/c1-14(20-21-25(22,23)19-6-4-3-5-7-19)15-8-9-17-13-18(24-2)11-10-16(17)12-15/h3-13,21H,1-2H3/b20-14-. The van der Waals surface area contributed by atoms with Crippen molar-refractivity contribution in [2.75, 3.05) is 7.11 Å². The summed E-state index contributed by atoms with van der Waals surface area (Å²) in [7, 11) is -2.04. The summed E-state index contributed by atoms with van der Waals surface area (Å²) < 4.78 is 29.7. The minimum absolute atomic E-state index is 0.178. The van der Waals surface area contributed by atoms with Crippen molar-refractivity contribution in [2.45, 2.75) is 11.8 Å². The number of rotatable bonds is 5. The van der Waals surface area contributed by atoms with Crippen LogP contribution in [-0.2, 0) is 10.0 Å². The number of ether oxygens (including phenoxy) is 1. The number of hydrazone groups is 1. The van der Waals surface area contributed by atoms with E-state index in [4.69, 9.17) is 4.74 Å². The van der Waals surface area contributed by atoms with Crippen LogP contribution in [0.5, 0.6) is 5.75 Å². The summed E-state index contributed by atoms with van der Waals surface area (Å²) >= 11 is 0. The minimum atomic E-state index is -3.67. The van der Waals surface area contributed by atoms with Gasteiger partial charge in [0.05, 0.1) is 17.7 Å². The van der Waals surface area contributed by atoms with E-state index in [2.05, 4.69) is 9.93 Å². The van der Waals surface area contributed by atoms with Gasteiger partial charge in [0, 0.05) is 0 Å². The normalized spacial score (nSPS) is 12.2. The summed E-state index contributed by atoms with van der Waals surface area (Å²) in [5.74, 6) is 0.793. The van der Waals surface area contributed by atoms with Crippen molar-refractivity contribution in [1.29, 1.82) is 0 Å². The predicted octanol–water partition coefficient (Wildman–Crippen LogP) is 3.55. The molecule has 3 rings (SSSR count). The van der Waals surface area contributed by atoms with Crippen LogP contribution in [0.2, 0.25) is 0 Å². The van der Waals surface area contributed by atoms with Crippen LogP contribution in [0, 0.1) is 0 Å². The van der Waals surface area contributed by atoms with Crippen molar-refractivity contribution in [3.63, 3.8) is 0 Å². The zero-order valence-corrected chi connectivity index (χ0v) is 14.7. The number of nitrogens with one attached hydrogen (secondary N) is 1. The Morgan fingerprint density at radius 3 is 2.36 bits per heavy atom. The molecule has 0 aromatic heterocycles. The summed E-state index contributed by atoms with van der Waals surface area (Å²) in [5.41, 5.74) is 1.42. The SMILES string of the molecule is COc1ccc2cc(/C(C)=N\NS(=O)(=O)c3ccccc3)ccc2c1. The van der Waals surface area contributed by atoms with Crippen molar-refractivity contribution in [2.24, 2.45) is 5.10 Å². The van der Waals surface area contributed by atoms with E-state index in [0.29, 0.717) is 5.71 Å². The molecule has 1 N–H and O–H groups in total. The van der Waals surface area contributed by atoms with Crippen LogP contribution in [0.3, 0.4) is 0 Å². The third kappa shape index (κ3) is 3.80. The predicted molar refractivity (Wildman–Crippen MR) is 99.5 cm³/mol. The fourth-order valence-corrected chi connectivity index (χ4v) is 3.30. The minimum Gasteiger partial charge on any atom is -0.497 e. The number of hydrogen-bond donors (Lipinski definition) is 1. The van der Waals surface area contributed by atoms with E-state index in [1.165, 1.54) is 12.1 Å². The van der Waals surface area contributed by atoms with Gasteiger partial charge in [-0.15, -0.1) is 0 Å². The number of methoxy groups -OCH3 is 1. The average molecular weight is 354 g/mol. The summed E-state index contributed by atoms with van der Waals surface area (Å²) in [6.07, 6.45) is 0. The lowest BCUT2D eigenvalue weighted by atomic mass is 10.0. The van der Waals surface area contributed by atoms with E-state index >= 15 is 0 Å². The molecule has 0 spiro atoms. The maximum atomic E-state index is 12.2. The van der Waals surface area contributed by atoms with Gasteiger partial charge >= 0.3 is 0 Å². The monoisotopic (exact) mass is 354 g/mol. The summed E-state index contributed by atoms with van der Waals surface area (Å²) in [5, 5.41) is 6.11. The van der Waals surface area contributed by atoms with Crippen LogP contribution >= 0.6 is 0 Å². The van der Waals surface area contributed by atoms with Gasteiger partial charge in [0.25, 0.3) is 10.0 Å². The molecule has 0 saturated heterocycles. The van der Waals surface area contributed by atoms with Gasteiger partial charge in [-0.05, 0) is 53.6 Å². The maximum absolute atomic E-state index is 12.2. The summed E-state index contributed by atoms with van der Waals surface area (Å²) in [6.45, 7) is 1.76. The van der Waals surface area contributed by atoms with Gasteiger partial charge in [0.1, 0.15) is 5.75 Å². The molecule has 0 aliphatic heterocycles. The number of sulfonamides is 1. The maximum Gasteiger partial charge on any atom is 0.276 e. The van der Waals surface area contributed by atoms with Gasteiger partial charge in [0.2, 0.25) is 0 Å². The Morgan fingerprint density at radius 1 is 0.960 bits per heavy atom. The highest BCUT2D eigenvalue weighted by Crippen LogP contribution is 2.22. The Morgan fingerprint density at radius 2 is 1.64 bits per heavy atom. The first-order chi connectivity index (χ1) is 12.0. The molecule has 0 fully saturated rings. The van der Waals surface area contributed by atoms with Crippen molar-refractivity contribution < 1.29 is 13.2 Å². The van der Waals surface area contributed by atoms with E-state index in [0.717, 1.165) is 22.1 Å². The lowest BCUT2D eigenvalue weighted by molar-refractivity contribution is 0.415. The first-order valence-electron chi connectivity index (χ1n) is 7.69. The van der Waals surface area contributed by atoms with E-state index in [1.54, 1.807) is 32.2 Å². The molecule has 128 valence electrons. The second-order valence-electron chi connectivity index (χ2n) is 5.53. The highest BCUT2D eigenvalue weighted by molar-refractivity contribution is 7.89. The zero-order chi connectivity index (χ0) is 17.9. The molecule has 0 aliphatic rings. The summed E-state index contributed by atoms with van der Waals surface area (Å²) in [6, 6.07) is 19.8. The van der Waals surface area contributed by atoms with Crippen LogP contribution in [0.1, 0.15) is 12.5 Å². The molecule has 0 unspecified atom stereocenters. The van der Waals surface area contributed by atoms with Gasteiger partial charge in [0.15, 0.2) is 0 Å². The lowest BCUT2D eigenvalue weighted by Gasteiger charge is -2.07. The molecule has 0 radical (unpaired) electrons.